The van der Waals surface area contributed by atoms with Gasteiger partial charge < -0.3 is 19.9 Å². The fourth-order valence-corrected chi connectivity index (χ4v) is 2.43. The summed E-state index contributed by atoms with van der Waals surface area (Å²) in [6.45, 7) is -0.295. The summed E-state index contributed by atoms with van der Waals surface area (Å²) in [5, 5.41) is 20.8. The van der Waals surface area contributed by atoms with Gasteiger partial charge in [-0.25, -0.2) is 0 Å². The van der Waals surface area contributed by atoms with Gasteiger partial charge in [0.25, 0.3) is 5.91 Å². The van der Waals surface area contributed by atoms with Gasteiger partial charge in [0.2, 0.25) is 0 Å². The normalized spacial score (nSPS) is 11.1. The third-order valence-corrected chi connectivity index (χ3v) is 3.87. The fraction of sp³-hybridized carbons (Fsp3) is 0.250. The molecule has 0 heterocycles. The van der Waals surface area contributed by atoms with Crippen molar-refractivity contribution in [1.29, 1.82) is 5.26 Å². The smallest absolute Gasteiger partial charge is 0.308 e. The molecule has 7 nitrogen and oxygen atoms in total. The number of nitrogens with zero attached hydrogens (tertiary/aromatic N) is 1. The molecular formula is C20H20N2O5. The van der Waals surface area contributed by atoms with E-state index in [4.69, 9.17) is 14.7 Å². The lowest BCUT2D eigenvalue weighted by atomic mass is 9.99. The number of carbonyl (C=O) groups excluding carboxylic acids is 1. The zero-order valence-corrected chi connectivity index (χ0v) is 14.8. The highest BCUT2D eigenvalue weighted by Crippen LogP contribution is 2.27. The van der Waals surface area contributed by atoms with Crippen molar-refractivity contribution in [3.8, 4) is 17.6 Å². The van der Waals surface area contributed by atoms with E-state index in [1.54, 1.807) is 12.1 Å². The van der Waals surface area contributed by atoms with Crippen molar-refractivity contribution < 1.29 is 24.2 Å². The topological polar surface area (TPSA) is 109 Å². The molecule has 0 bridgehead atoms. The summed E-state index contributed by atoms with van der Waals surface area (Å²) in [5.41, 5.74) is 1.30. The number of benzene rings is 2. The van der Waals surface area contributed by atoms with E-state index in [2.05, 4.69) is 5.32 Å². The minimum atomic E-state index is -0.978. The third-order valence-electron chi connectivity index (χ3n) is 3.87. The Balaban J connectivity index is 1.87. The van der Waals surface area contributed by atoms with Crippen LogP contribution in [0.15, 0.2) is 48.5 Å². The SMILES string of the molecule is COc1cc(C#N)ccc1OCC(=O)NCC(Cc1ccccc1)C(=O)O. The van der Waals surface area contributed by atoms with Crippen LogP contribution in [-0.2, 0) is 16.0 Å². The van der Waals surface area contributed by atoms with Crippen molar-refractivity contribution in [2.45, 2.75) is 6.42 Å². The Morgan fingerprint density at radius 1 is 1.19 bits per heavy atom. The van der Waals surface area contributed by atoms with Crippen molar-refractivity contribution in [1.82, 2.24) is 5.32 Å². The number of aliphatic carboxylic acids is 1. The highest BCUT2D eigenvalue weighted by atomic mass is 16.5. The second-order valence-corrected chi connectivity index (χ2v) is 5.80. The van der Waals surface area contributed by atoms with Gasteiger partial charge in [0.15, 0.2) is 18.1 Å². The number of methoxy groups -OCH3 is 1. The highest BCUT2D eigenvalue weighted by Gasteiger charge is 2.19. The highest BCUT2D eigenvalue weighted by molar-refractivity contribution is 5.78. The molecule has 7 heteroatoms. The van der Waals surface area contributed by atoms with Crippen molar-refractivity contribution >= 4 is 11.9 Å². The number of rotatable bonds is 9. The summed E-state index contributed by atoms with van der Waals surface area (Å²) in [6, 6.07) is 15.8. The predicted octanol–water partition coefficient (Wildman–Crippen LogP) is 2.01. The standard InChI is InChI=1S/C20H20N2O5/c1-26-18-10-15(11-21)7-8-17(18)27-13-19(23)22-12-16(20(24)25)9-14-5-3-2-4-6-14/h2-8,10,16H,9,12-13H2,1H3,(H,22,23)(H,24,25). The van der Waals surface area contributed by atoms with Crippen LogP contribution < -0.4 is 14.8 Å². The third kappa shape index (κ3) is 6.04. The Bertz CT molecular complexity index is 830. The molecule has 0 fully saturated rings. The summed E-state index contributed by atoms with van der Waals surface area (Å²) in [5.74, 6) is -1.49. The second kappa shape index (κ2) is 9.82. The monoisotopic (exact) mass is 368 g/mol. The van der Waals surface area contributed by atoms with E-state index in [0.717, 1.165) is 5.56 Å². The first-order valence-electron chi connectivity index (χ1n) is 8.28. The molecule has 0 aliphatic carbocycles. The van der Waals surface area contributed by atoms with Gasteiger partial charge in [-0.15, -0.1) is 0 Å². The Kier molecular flexibility index (Phi) is 7.20. The van der Waals surface area contributed by atoms with E-state index in [1.807, 2.05) is 36.4 Å². The largest absolute Gasteiger partial charge is 0.493 e. The van der Waals surface area contributed by atoms with Crippen LogP contribution in [0.5, 0.6) is 11.5 Å². The van der Waals surface area contributed by atoms with Gasteiger partial charge in [-0.1, -0.05) is 30.3 Å². The maximum absolute atomic E-state index is 12.0. The first-order chi connectivity index (χ1) is 13.0. The molecule has 1 atom stereocenters. The predicted molar refractivity (Wildman–Crippen MR) is 97.5 cm³/mol. The van der Waals surface area contributed by atoms with Gasteiger partial charge in [0.05, 0.1) is 24.7 Å². The van der Waals surface area contributed by atoms with Crippen LogP contribution in [0, 0.1) is 17.2 Å². The quantitative estimate of drug-likeness (QED) is 0.701. The molecule has 0 radical (unpaired) electrons. The maximum atomic E-state index is 12.0. The molecule has 0 aliphatic rings. The molecule has 0 spiro atoms. The molecule has 2 aromatic carbocycles. The molecule has 1 amide bonds. The second-order valence-electron chi connectivity index (χ2n) is 5.80. The van der Waals surface area contributed by atoms with Crippen LogP contribution in [0.2, 0.25) is 0 Å². The van der Waals surface area contributed by atoms with Gasteiger partial charge in [-0.3, -0.25) is 9.59 Å². The first kappa shape index (κ1) is 19.8. The lowest BCUT2D eigenvalue weighted by Crippen LogP contribution is -2.36. The molecule has 0 aliphatic heterocycles. The zero-order valence-electron chi connectivity index (χ0n) is 14.8. The molecule has 2 N–H and O–H groups in total. The molecular weight excluding hydrogens is 348 g/mol. The number of carbonyl (C=O) groups is 2. The van der Waals surface area contributed by atoms with E-state index in [1.165, 1.54) is 13.2 Å². The van der Waals surface area contributed by atoms with Crippen LogP contribution >= 0.6 is 0 Å². The minimum absolute atomic E-state index is 0.00305. The fourth-order valence-electron chi connectivity index (χ4n) is 2.43. The minimum Gasteiger partial charge on any atom is -0.493 e. The molecule has 1 unspecified atom stereocenters. The van der Waals surface area contributed by atoms with Crippen LogP contribution in [0.4, 0.5) is 0 Å². The van der Waals surface area contributed by atoms with Crippen LogP contribution in [-0.4, -0.2) is 37.2 Å². The number of nitriles is 1. The Morgan fingerprint density at radius 2 is 1.93 bits per heavy atom. The van der Waals surface area contributed by atoms with Crippen LogP contribution in [0.3, 0.4) is 0 Å². The Labute approximate surface area is 157 Å². The molecule has 140 valence electrons. The molecule has 27 heavy (non-hydrogen) atoms. The number of ether oxygens (including phenoxy) is 2. The van der Waals surface area contributed by atoms with Crippen molar-refractivity contribution in [2.24, 2.45) is 5.92 Å². The molecule has 0 saturated carbocycles. The first-order valence-corrected chi connectivity index (χ1v) is 8.28. The lowest BCUT2D eigenvalue weighted by molar-refractivity contribution is -0.141. The Hall–Kier alpha value is -3.53. The Morgan fingerprint density at radius 3 is 2.56 bits per heavy atom. The van der Waals surface area contributed by atoms with Gasteiger partial charge >= 0.3 is 5.97 Å². The van der Waals surface area contributed by atoms with E-state index < -0.39 is 17.8 Å². The maximum Gasteiger partial charge on any atom is 0.308 e. The van der Waals surface area contributed by atoms with Crippen molar-refractivity contribution in [3.05, 3.63) is 59.7 Å². The van der Waals surface area contributed by atoms with E-state index in [9.17, 15) is 14.7 Å². The summed E-state index contributed by atoms with van der Waals surface area (Å²) >= 11 is 0. The number of carboxylic acid groups (broad SMARTS) is 1. The summed E-state index contributed by atoms with van der Waals surface area (Å²) < 4.78 is 10.5. The molecule has 0 saturated heterocycles. The molecule has 2 aromatic rings. The average molecular weight is 368 g/mol. The van der Waals surface area contributed by atoms with Crippen molar-refractivity contribution in [2.75, 3.05) is 20.3 Å². The van der Waals surface area contributed by atoms with E-state index in [0.29, 0.717) is 23.5 Å². The molecule has 2 rings (SSSR count). The summed E-state index contributed by atoms with van der Waals surface area (Å²) in [7, 11) is 1.43. The van der Waals surface area contributed by atoms with Gasteiger partial charge in [0, 0.05) is 12.6 Å². The molecule has 0 aromatic heterocycles. The number of hydrogen-bond acceptors (Lipinski definition) is 5. The zero-order chi connectivity index (χ0) is 19.6. The van der Waals surface area contributed by atoms with Gasteiger partial charge in [0.1, 0.15) is 0 Å². The van der Waals surface area contributed by atoms with Crippen LogP contribution in [0.1, 0.15) is 11.1 Å². The van der Waals surface area contributed by atoms with E-state index >= 15 is 0 Å². The van der Waals surface area contributed by atoms with Gasteiger partial charge in [-0.2, -0.15) is 5.26 Å². The van der Waals surface area contributed by atoms with E-state index in [-0.39, 0.29) is 13.2 Å². The summed E-state index contributed by atoms with van der Waals surface area (Å²) in [4.78, 5) is 23.4. The van der Waals surface area contributed by atoms with Gasteiger partial charge in [-0.05, 0) is 24.1 Å². The number of carboxylic acids is 1. The summed E-state index contributed by atoms with van der Waals surface area (Å²) in [6.07, 6.45) is 0.320. The lowest BCUT2D eigenvalue weighted by Gasteiger charge is -2.14. The number of hydrogen-bond donors (Lipinski definition) is 2. The average Bonchev–Trinajstić information content (AvgIpc) is 2.69. The van der Waals surface area contributed by atoms with Crippen LogP contribution in [0.25, 0.3) is 0 Å². The van der Waals surface area contributed by atoms with Crippen molar-refractivity contribution in [3.63, 3.8) is 0 Å². The number of nitrogens with one attached hydrogen (secondary N) is 1. The number of amides is 1.